The number of nitro groups is 1. The lowest BCUT2D eigenvalue weighted by Gasteiger charge is -2.30. The largest absolute Gasteiger partial charge is 0.504 e. The van der Waals surface area contributed by atoms with Gasteiger partial charge in [-0.15, -0.1) is 10.2 Å². The number of hydrogen-bond donors (Lipinski definition) is 3. The summed E-state index contributed by atoms with van der Waals surface area (Å²) >= 11 is 0. The van der Waals surface area contributed by atoms with Crippen LogP contribution < -0.4 is 0 Å². The average Bonchev–Trinajstić information content (AvgIpc) is 2.97. The molecule has 1 aromatic carbocycles. The number of phenols is 2. The van der Waals surface area contributed by atoms with Gasteiger partial charge >= 0.3 is 11.9 Å². The summed E-state index contributed by atoms with van der Waals surface area (Å²) < 4.78 is 41.2. The number of rotatable bonds is 3. The van der Waals surface area contributed by atoms with Crippen molar-refractivity contribution in [2.45, 2.75) is 12.2 Å². The van der Waals surface area contributed by atoms with E-state index in [2.05, 4.69) is 10.2 Å². The van der Waals surface area contributed by atoms with Gasteiger partial charge in [0.15, 0.2) is 23.4 Å². The van der Waals surface area contributed by atoms with E-state index in [-0.39, 0.29) is 22.3 Å². The standard InChI is InChI=1S/C15H12F3N5O5/c1-21-13(7-5-9(23(27)28)11(25)10(24)6-7)19-20-14(21)8-3-2-4-22(26)12(8)15(16,17)18/h2-6,12,24-26H,1H3. The Balaban J connectivity index is 2.12. The second kappa shape index (κ2) is 6.53. The van der Waals surface area contributed by atoms with E-state index in [1.165, 1.54) is 13.1 Å². The molecule has 1 unspecified atom stereocenters. The van der Waals surface area contributed by atoms with E-state index >= 15 is 0 Å². The fourth-order valence-electron chi connectivity index (χ4n) is 2.78. The summed E-state index contributed by atoms with van der Waals surface area (Å²) in [6.07, 6.45) is -1.70. The molecule has 0 saturated carbocycles. The van der Waals surface area contributed by atoms with Crippen LogP contribution in [0.1, 0.15) is 5.82 Å². The third-order valence-electron chi connectivity index (χ3n) is 4.04. The molecular formula is C15H12F3N5O5. The van der Waals surface area contributed by atoms with Crippen molar-refractivity contribution < 1.29 is 33.5 Å². The van der Waals surface area contributed by atoms with Crippen molar-refractivity contribution in [1.29, 1.82) is 0 Å². The van der Waals surface area contributed by atoms with E-state index in [9.17, 15) is 38.7 Å². The summed E-state index contributed by atoms with van der Waals surface area (Å²) in [5, 5.41) is 47.3. The Morgan fingerprint density at radius 2 is 1.86 bits per heavy atom. The lowest BCUT2D eigenvalue weighted by atomic mass is 10.0. The molecule has 148 valence electrons. The molecule has 0 saturated heterocycles. The number of nitrogens with zero attached hydrogens (tertiary/aromatic N) is 5. The van der Waals surface area contributed by atoms with Gasteiger partial charge in [-0.2, -0.15) is 13.2 Å². The van der Waals surface area contributed by atoms with Crippen LogP contribution >= 0.6 is 0 Å². The highest BCUT2D eigenvalue weighted by molar-refractivity contribution is 5.73. The summed E-state index contributed by atoms with van der Waals surface area (Å²) in [4.78, 5) is 10.1. The maximum absolute atomic E-state index is 13.4. The molecular weight excluding hydrogens is 387 g/mol. The summed E-state index contributed by atoms with van der Waals surface area (Å²) in [6, 6.07) is -0.529. The zero-order valence-corrected chi connectivity index (χ0v) is 14.0. The first-order valence-electron chi connectivity index (χ1n) is 7.55. The molecule has 10 nitrogen and oxygen atoms in total. The first-order valence-corrected chi connectivity index (χ1v) is 7.55. The number of allylic oxidation sites excluding steroid dienone is 2. The van der Waals surface area contributed by atoms with Gasteiger partial charge in [-0.3, -0.25) is 15.3 Å². The van der Waals surface area contributed by atoms with Crippen LogP contribution in [-0.2, 0) is 7.05 Å². The van der Waals surface area contributed by atoms with E-state index in [0.717, 1.165) is 29.0 Å². The molecule has 2 heterocycles. The van der Waals surface area contributed by atoms with Crippen molar-refractivity contribution in [2.75, 3.05) is 0 Å². The zero-order chi connectivity index (χ0) is 20.8. The SMILES string of the molecule is Cn1c(C2=CC=CN(O)C2C(F)(F)F)nnc1-c1cc(O)c(O)c([N+](=O)[O-])c1. The third kappa shape index (κ3) is 3.11. The Morgan fingerprint density at radius 1 is 1.21 bits per heavy atom. The molecule has 0 fully saturated rings. The van der Waals surface area contributed by atoms with E-state index in [0.29, 0.717) is 0 Å². The smallest absolute Gasteiger partial charge is 0.415 e. The highest BCUT2D eigenvalue weighted by Gasteiger charge is 2.47. The lowest BCUT2D eigenvalue weighted by Crippen LogP contribution is -2.43. The molecule has 0 spiro atoms. The number of hydroxylamine groups is 2. The molecule has 13 heteroatoms. The van der Waals surface area contributed by atoms with Gasteiger partial charge in [-0.25, -0.2) is 5.06 Å². The number of hydrogen-bond acceptors (Lipinski definition) is 8. The molecule has 28 heavy (non-hydrogen) atoms. The van der Waals surface area contributed by atoms with Gasteiger partial charge in [0.2, 0.25) is 5.75 Å². The highest BCUT2D eigenvalue weighted by atomic mass is 19.4. The summed E-state index contributed by atoms with van der Waals surface area (Å²) in [5.74, 6) is -2.11. The number of benzene rings is 1. The molecule has 2 aromatic rings. The molecule has 0 radical (unpaired) electrons. The normalized spacial score (nSPS) is 17.0. The number of aromatic nitrogens is 3. The van der Waals surface area contributed by atoms with Crippen molar-refractivity contribution in [3.05, 3.63) is 46.4 Å². The van der Waals surface area contributed by atoms with Crippen molar-refractivity contribution in [3.63, 3.8) is 0 Å². The molecule has 3 N–H and O–H groups in total. The van der Waals surface area contributed by atoms with Gasteiger partial charge in [0, 0.05) is 30.5 Å². The number of aromatic hydroxyl groups is 2. The number of halogens is 3. The predicted octanol–water partition coefficient (Wildman–Crippen LogP) is 2.33. The second-order valence-corrected chi connectivity index (χ2v) is 5.81. The van der Waals surface area contributed by atoms with Crippen molar-refractivity contribution in [3.8, 4) is 22.9 Å². The van der Waals surface area contributed by atoms with Crippen LogP contribution in [0.15, 0.2) is 30.5 Å². The summed E-state index contributed by atoms with van der Waals surface area (Å²) in [7, 11) is 1.31. The number of alkyl halides is 3. The lowest BCUT2D eigenvalue weighted by molar-refractivity contribution is -0.385. The van der Waals surface area contributed by atoms with Crippen LogP contribution in [0.3, 0.4) is 0 Å². The molecule has 3 rings (SSSR count). The van der Waals surface area contributed by atoms with Crippen LogP contribution in [0.2, 0.25) is 0 Å². The van der Waals surface area contributed by atoms with Crippen molar-refractivity contribution >= 4 is 11.3 Å². The Bertz CT molecular complexity index is 1010. The first kappa shape index (κ1) is 19.2. The van der Waals surface area contributed by atoms with E-state index in [4.69, 9.17) is 0 Å². The Kier molecular flexibility index (Phi) is 4.47. The van der Waals surface area contributed by atoms with Crippen LogP contribution in [0.25, 0.3) is 17.0 Å². The minimum atomic E-state index is -4.83. The Labute approximate surface area is 154 Å². The Morgan fingerprint density at radius 3 is 2.46 bits per heavy atom. The molecule has 0 amide bonds. The summed E-state index contributed by atoms with van der Waals surface area (Å²) in [5.41, 5.74) is -1.27. The zero-order valence-electron chi connectivity index (χ0n) is 14.0. The molecule has 1 aromatic heterocycles. The monoisotopic (exact) mass is 399 g/mol. The summed E-state index contributed by atoms with van der Waals surface area (Å²) in [6.45, 7) is 0. The minimum Gasteiger partial charge on any atom is -0.504 e. The quantitative estimate of drug-likeness (QED) is 0.406. The first-order chi connectivity index (χ1) is 13.0. The fraction of sp³-hybridized carbons (Fsp3) is 0.200. The molecule has 0 aliphatic carbocycles. The van der Waals surface area contributed by atoms with Gasteiger partial charge in [0.1, 0.15) is 0 Å². The van der Waals surface area contributed by atoms with Gasteiger partial charge in [0.25, 0.3) is 0 Å². The minimum absolute atomic E-state index is 0.0130. The molecule has 0 bridgehead atoms. The maximum Gasteiger partial charge on any atom is 0.415 e. The topological polar surface area (TPSA) is 138 Å². The Hall–Kier alpha value is -3.61. The van der Waals surface area contributed by atoms with E-state index in [1.807, 2.05) is 0 Å². The van der Waals surface area contributed by atoms with Gasteiger partial charge in [-0.05, 0) is 12.1 Å². The predicted molar refractivity (Wildman–Crippen MR) is 87.0 cm³/mol. The van der Waals surface area contributed by atoms with Gasteiger partial charge in [0.05, 0.1) is 4.92 Å². The van der Waals surface area contributed by atoms with Gasteiger partial charge in [-0.1, -0.05) is 6.08 Å². The highest BCUT2D eigenvalue weighted by Crippen LogP contribution is 2.40. The van der Waals surface area contributed by atoms with Crippen LogP contribution in [0, 0.1) is 10.1 Å². The van der Waals surface area contributed by atoms with Gasteiger partial charge < -0.3 is 14.8 Å². The van der Waals surface area contributed by atoms with E-state index in [1.54, 1.807) is 0 Å². The van der Waals surface area contributed by atoms with Crippen LogP contribution in [0.5, 0.6) is 11.5 Å². The molecule has 1 aliphatic heterocycles. The third-order valence-corrected chi connectivity index (χ3v) is 4.04. The second-order valence-electron chi connectivity index (χ2n) is 5.81. The van der Waals surface area contributed by atoms with Crippen LogP contribution in [-0.4, -0.2) is 52.4 Å². The van der Waals surface area contributed by atoms with Crippen LogP contribution in [0.4, 0.5) is 18.9 Å². The fourth-order valence-corrected chi connectivity index (χ4v) is 2.78. The number of phenolic OH excluding ortho intramolecular Hbond substituents is 2. The molecule has 1 atom stereocenters. The maximum atomic E-state index is 13.4. The van der Waals surface area contributed by atoms with Crippen molar-refractivity contribution in [1.82, 2.24) is 19.8 Å². The average molecular weight is 399 g/mol. The van der Waals surface area contributed by atoms with Crippen molar-refractivity contribution in [2.24, 2.45) is 7.05 Å². The van der Waals surface area contributed by atoms with E-state index < -0.39 is 39.9 Å². The number of nitro benzene ring substituents is 1. The molecule has 1 aliphatic rings.